The number of benzene rings is 1. The molecule has 3 fully saturated rings. The Hall–Kier alpha value is -1.83. The highest BCUT2D eigenvalue weighted by atomic mass is 16.5. The van der Waals surface area contributed by atoms with Gasteiger partial charge in [0.2, 0.25) is 0 Å². The molecule has 2 saturated heterocycles. The van der Waals surface area contributed by atoms with Crippen LogP contribution in [-0.4, -0.2) is 55.1 Å². The van der Waals surface area contributed by atoms with E-state index in [1.165, 1.54) is 70.1 Å². The van der Waals surface area contributed by atoms with Crippen LogP contribution in [0, 0.1) is 29.6 Å². The Balaban J connectivity index is 1.34. The number of terminal acetylenes is 1. The van der Waals surface area contributed by atoms with Crippen LogP contribution >= 0.6 is 0 Å². The fraction of sp³-hybridized carbons (Fsp3) is 0.690. The van der Waals surface area contributed by atoms with Gasteiger partial charge in [-0.1, -0.05) is 49.6 Å². The molecule has 1 spiro atoms. The van der Waals surface area contributed by atoms with E-state index in [0.717, 1.165) is 32.0 Å². The van der Waals surface area contributed by atoms with Crippen molar-refractivity contribution in [2.45, 2.75) is 70.8 Å². The zero-order valence-electron chi connectivity index (χ0n) is 20.4. The van der Waals surface area contributed by atoms with Crippen LogP contribution in [0.1, 0.15) is 69.8 Å². The van der Waals surface area contributed by atoms with Crippen molar-refractivity contribution in [3.8, 4) is 12.3 Å². The molecular weight excluding hydrogens is 408 g/mol. The second-order valence-corrected chi connectivity index (χ2v) is 10.8. The van der Waals surface area contributed by atoms with Gasteiger partial charge in [-0.2, -0.15) is 0 Å². The summed E-state index contributed by atoms with van der Waals surface area (Å²) in [6.07, 6.45) is 16.7. The minimum atomic E-state index is -0.0864. The van der Waals surface area contributed by atoms with Crippen molar-refractivity contribution in [1.82, 2.24) is 9.80 Å². The molecule has 4 heteroatoms. The summed E-state index contributed by atoms with van der Waals surface area (Å²) in [6, 6.07) is 10.8. The van der Waals surface area contributed by atoms with Crippen molar-refractivity contribution in [2.24, 2.45) is 17.3 Å². The lowest BCUT2D eigenvalue weighted by Crippen LogP contribution is -2.46. The number of unbranched alkanes of at least 4 members (excludes halogenated alkanes) is 1. The quantitative estimate of drug-likeness (QED) is 0.297. The molecule has 1 aliphatic carbocycles. The molecule has 4 rings (SSSR count). The van der Waals surface area contributed by atoms with Crippen LogP contribution in [0.2, 0.25) is 0 Å². The number of ether oxygens (including phenoxy) is 1. The standard InChI is InChI=1S/C29H42N2O2/c1-2-3-6-15-28(32)33-23-27-22-31(21-26-13-9-5-10-14-26)24-29(27)16-18-30(19-17-29)20-25-11-7-4-8-12-25/h1,5,9-10,13-14,25,27H,3-4,6-8,11-12,15-24H2. The zero-order valence-corrected chi connectivity index (χ0v) is 20.4. The van der Waals surface area contributed by atoms with Gasteiger partial charge in [-0.25, -0.2) is 0 Å². The Morgan fingerprint density at radius 2 is 1.85 bits per heavy atom. The van der Waals surface area contributed by atoms with Crippen molar-refractivity contribution in [2.75, 3.05) is 39.3 Å². The Kier molecular flexibility index (Phi) is 8.87. The summed E-state index contributed by atoms with van der Waals surface area (Å²) >= 11 is 0. The minimum absolute atomic E-state index is 0.0864. The van der Waals surface area contributed by atoms with E-state index in [0.29, 0.717) is 25.4 Å². The van der Waals surface area contributed by atoms with Gasteiger partial charge in [-0.05, 0) is 62.1 Å². The number of piperidine rings is 1. The van der Waals surface area contributed by atoms with Crippen LogP contribution in [0.3, 0.4) is 0 Å². The first kappa shape index (κ1) is 24.3. The number of hydrogen-bond acceptors (Lipinski definition) is 4. The first-order valence-corrected chi connectivity index (χ1v) is 13.2. The molecule has 1 atom stereocenters. The highest BCUT2D eigenvalue weighted by Crippen LogP contribution is 2.45. The molecule has 2 heterocycles. The number of carbonyl (C=O) groups is 1. The molecule has 0 bridgehead atoms. The lowest BCUT2D eigenvalue weighted by molar-refractivity contribution is -0.146. The molecular formula is C29H42N2O2. The smallest absolute Gasteiger partial charge is 0.305 e. The van der Waals surface area contributed by atoms with Gasteiger partial charge in [0.1, 0.15) is 0 Å². The first-order valence-electron chi connectivity index (χ1n) is 13.2. The summed E-state index contributed by atoms with van der Waals surface area (Å²) in [5.41, 5.74) is 1.64. The van der Waals surface area contributed by atoms with Crippen molar-refractivity contribution in [3.05, 3.63) is 35.9 Å². The van der Waals surface area contributed by atoms with Gasteiger partial charge >= 0.3 is 5.97 Å². The number of rotatable bonds is 9. The van der Waals surface area contributed by atoms with E-state index in [9.17, 15) is 4.79 Å². The molecule has 2 aliphatic heterocycles. The molecule has 0 N–H and O–H groups in total. The predicted octanol–water partition coefficient (Wildman–Crippen LogP) is 5.13. The Bertz CT molecular complexity index is 773. The Labute approximate surface area is 201 Å². The van der Waals surface area contributed by atoms with Crippen LogP contribution in [0.15, 0.2) is 30.3 Å². The molecule has 0 amide bonds. The predicted molar refractivity (Wildman–Crippen MR) is 134 cm³/mol. The third-order valence-electron chi connectivity index (χ3n) is 8.37. The summed E-state index contributed by atoms with van der Waals surface area (Å²) in [6.45, 7) is 7.38. The Morgan fingerprint density at radius 3 is 2.58 bits per heavy atom. The molecule has 1 aromatic rings. The van der Waals surface area contributed by atoms with Crippen LogP contribution in [0.25, 0.3) is 0 Å². The van der Waals surface area contributed by atoms with Crippen molar-refractivity contribution in [3.63, 3.8) is 0 Å². The Morgan fingerprint density at radius 1 is 1.09 bits per heavy atom. The third kappa shape index (κ3) is 6.84. The number of esters is 1. The van der Waals surface area contributed by atoms with Crippen molar-refractivity contribution < 1.29 is 9.53 Å². The molecule has 1 unspecified atom stereocenters. The number of likely N-dealkylation sites (tertiary alicyclic amines) is 2. The van der Waals surface area contributed by atoms with E-state index >= 15 is 0 Å². The summed E-state index contributed by atoms with van der Waals surface area (Å²) in [4.78, 5) is 17.6. The highest BCUT2D eigenvalue weighted by molar-refractivity contribution is 5.69. The normalized spacial score (nSPS) is 24.0. The fourth-order valence-electron chi connectivity index (χ4n) is 6.42. The number of nitrogens with zero attached hydrogens (tertiary/aromatic N) is 2. The second-order valence-electron chi connectivity index (χ2n) is 10.8. The molecule has 0 aromatic heterocycles. The van der Waals surface area contributed by atoms with Gasteiger partial charge in [0.15, 0.2) is 0 Å². The lowest BCUT2D eigenvalue weighted by Gasteiger charge is -2.43. The van der Waals surface area contributed by atoms with Gasteiger partial charge in [-0.3, -0.25) is 9.69 Å². The molecule has 1 aromatic carbocycles. The number of hydrogen-bond donors (Lipinski definition) is 0. The van der Waals surface area contributed by atoms with Crippen molar-refractivity contribution in [1.29, 1.82) is 0 Å². The van der Waals surface area contributed by atoms with Gasteiger partial charge in [-0.15, -0.1) is 12.3 Å². The maximum atomic E-state index is 12.3. The fourth-order valence-corrected chi connectivity index (χ4v) is 6.42. The summed E-state index contributed by atoms with van der Waals surface area (Å²) in [5.74, 6) is 3.86. The van der Waals surface area contributed by atoms with E-state index in [1.807, 2.05) is 0 Å². The van der Waals surface area contributed by atoms with E-state index < -0.39 is 0 Å². The van der Waals surface area contributed by atoms with E-state index in [2.05, 4.69) is 46.1 Å². The summed E-state index contributed by atoms with van der Waals surface area (Å²) in [5, 5.41) is 0. The first-order chi connectivity index (χ1) is 16.2. The maximum absolute atomic E-state index is 12.3. The van der Waals surface area contributed by atoms with Gasteiger partial charge in [0.05, 0.1) is 6.61 Å². The van der Waals surface area contributed by atoms with Gasteiger partial charge in [0.25, 0.3) is 0 Å². The average molecular weight is 451 g/mol. The van der Waals surface area contributed by atoms with Crippen LogP contribution in [0.5, 0.6) is 0 Å². The topological polar surface area (TPSA) is 32.8 Å². The molecule has 0 radical (unpaired) electrons. The largest absolute Gasteiger partial charge is 0.465 e. The average Bonchev–Trinajstić information content (AvgIpc) is 3.17. The summed E-state index contributed by atoms with van der Waals surface area (Å²) in [7, 11) is 0. The monoisotopic (exact) mass is 450 g/mol. The molecule has 3 aliphatic rings. The molecule has 180 valence electrons. The maximum Gasteiger partial charge on any atom is 0.305 e. The summed E-state index contributed by atoms with van der Waals surface area (Å²) < 4.78 is 5.80. The van der Waals surface area contributed by atoms with E-state index in [1.54, 1.807) is 0 Å². The SMILES string of the molecule is C#CCCCC(=O)OCC1CN(Cc2ccccc2)CC12CCN(CC1CCCCC1)CC2. The van der Waals surface area contributed by atoms with Gasteiger partial charge < -0.3 is 9.64 Å². The van der Waals surface area contributed by atoms with Crippen molar-refractivity contribution >= 4 is 5.97 Å². The van der Waals surface area contributed by atoms with Gasteiger partial charge in [0, 0.05) is 44.9 Å². The molecule has 4 nitrogen and oxygen atoms in total. The third-order valence-corrected chi connectivity index (χ3v) is 8.37. The molecule has 1 saturated carbocycles. The van der Waals surface area contributed by atoms with E-state index in [-0.39, 0.29) is 11.4 Å². The zero-order chi connectivity index (χ0) is 22.9. The molecule has 33 heavy (non-hydrogen) atoms. The second kappa shape index (κ2) is 12.0. The number of carbonyl (C=O) groups excluding carboxylic acids is 1. The van der Waals surface area contributed by atoms with Crippen LogP contribution < -0.4 is 0 Å². The minimum Gasteiger partial charge on any atom is -0.465 e. The lowest BCUT2D eigenvalue weighted by atomic mass is 9.71. The van der Waals surface area contributed by atoms with Crippen LogP contribution in [-0.2, 0) is 16.1 Å². The highest BCUT2D eigenvalue weighted by Gasteiger charge is 2.48. The van der Waals surface area contributed by atoms with Crippen LogP contribution in [0.4, 0.5) is 0 Å². The van der Waals surface area contributed by atoms with E-state index in [4.69, 9.17) is 11.2 Å².